The average molecular weight is 238 g/mol. The van der Waals surface area contributed by atoms with Crippen LogP contribution in [0, 0.1) is 0 Å². The van der Waals surface area contributed by atoms with Gasteiger partial charge < -0.3 is 0 Å². The molecule has 0 radical (unpaired) electrons. The molecule has 0 aliphatic rings. The standard InChI is InChI=1S/C12H18OSSi/c1-11(15(2,3)4)14(13)10-12-8-6-5-7-9-12/h5-9H,1,10H2,2-4H3. The summed E-state index contributed by atoms with van der Waals surface area (Å²) in [5.41, 5.74) is 1.12. The van der Waals surface area contributed by atoms with Crippen LogP contribution >= 0.6 is 0 Å². The SMILES string of the molecule is C=C(S(=O)Cc1ccccc1)[Si](C)(C)C. The molecule has 0 spiro atoms. The maximum atomic E-state index is 12.0. The van der Waals surface area contributed by atoms with Crippen LogP contribution in [-0.2, 0) is 16.6 Å². The van der Waals surface area contributed by atoms with Crippen molar-refractivity contribution in [1.82, 2.24) is 0 Å². The van der Waals surface area contributed by atoms with Crippen molar-refractivity contribution < 1.29 is 4.21 Å². The van der Waals surface area contributed by atoms with Crippen LogP contribution in [0.4, 0.5) is 0 Å². The molecular formula is C12H18OSSi. The molecule has 15 heavy (non-hydrogen) atoms. The Morgan fingerprint density at radius 1 is 1.27 bits per heavy atom. The van der Waals surface area contributed by atoms with Crippen molar-refractivity contribution in [2.75, 3.05) is 0 Å². The van der Waals surface area contributed by atoms with Crippen molar-refractivity contribution in [2.24, 2.45) is 0 Å². The molecule has 1 rings (SSSR count). The predicted octanol–water partition coefficient (Wildman–Crippen LogP) is 3.33. The lowest BCUT2D eigenvalue weighted by molar-refractivity contribution is 0.687. The summed E-state index contributed by atoms with van der Waals surface area (Å²) >= 11 is 0. The Labute approximate surface area is 95.7 Å². The van der Waals surface area contributed by atoms with Crippen LogP contribution in [0.25, 0.3) is 0 Å². The lowest BCUT2D eigenvalue weighted by Crippen LogP contribution is -2.26. The van der Waals surface area contributed by atoms with Crippen molar-refractivity contribution in [3.8, 4) is 0 Å². The van der Waals surface area contributed by atoms with Gasteiger partial charge in [-0.1, -0.05) is 56.6 Å². The molecular weight excluding hydrogens is 220 g/mol. The van der Waals surface area contributed by atoms with Crippen LogP contribution < -0.4 is 0 Å². The summed E-state index contributed by atoms with van der Waals surface area (Å²) < 4.78 is 13.0. The van der Waals surface area contributed by atoms with Gasteiger partial charge in [0, 0.05) is 10.8 Å². The molecule has 0 fully saturated rings. The smallest absolute Gasteiger partial charge is 0.0883 e. The van der Waals surface area contributed by atoms with Crippen molar-refractivity contribution in [2.45, 2.75) is 25.4 Å². The average Bonchev–Trinajstić information content (AvgIpc) is 2.16. The van der Waals surface area contributed by atoms with E-state index < -0.39 is 18.9 Å². The highest BCUT2D eigenvalue weighted by atomic mass is 32.2. The van der Waals surface area contributed by atoms with E-state index in [2.05, 4.69) is 26.2 Å². The zero-order valence-electron chi connectivity index (χ0n) is 9.62. The van der Waals surface area contributed by atoms with E-state index in [1.807, 2.05) is 30.3 Å². The summed E-state index contributed by atoms with van der Waals surface area (Å²) in [5.74, 6) is 0.601. The summed E-state index contributed by atoms with van der Waals surface area (Å²) in [6.45, 7) is 10.5. The third kappa shape index (κ3) is 3.76. The van der Waals surface area contributed by atoms with Gasteiger partial charge in [0.1, 0.15) is 0 Å². The largest absolute Gasteiger partial charge is 0.255 e. The van der Waals surface area contributed by atoms with Crippen LogP contribution in [0.5, 0.6) is 0 Å². The Bertz CT molecular complexity index is 365. The first-order valence-corrected chi connectivity index (χ1v) is 9.85. The first-order chi connectivity index (χ1) is 6.91. The van der Waals surface area contributed by atoms with Crippen LogP contribution in [-0.4, -0.2) is 12.3 Å². The van der Waals surface area contributed by atoms with E-state index in [0.717, 1.165) is 10.1 Å². The second-order valence-electron chi connectivity index (χ2n) is 4.65. The van der Waals surface area contributed by atoms with Crippen LogP contribution in [0.3, 0.4) is 0 Å². The van der Waals surface area contributed by atoms with Crippen LogP contribution in [0.15, 0.2) is 41.4 Å². The number of hydrogen-bond donors (Lipinski definition) is 0. The first-order valence-electron chi connectivity index (χ1n) is 5.03. The summed E-state index contributed by atoms with van der Waals surface area (Å²) in [6.07, 6.45) is 0. The van der Waals surface area contributed by atoms with E-state index in [-0.39, 0.29) is 0 Å². The first kappa shape index (κ1) is 12.4. The highest BCUT2D eigenvalue weighted by Gasteiger charge is 2.22. The molecule has 1 nitrogen and oxygen atoms in total. The summed E-state index contributed by atoms with van der Waals surface area (Å²) in [7, 11) is -2.39. The molecule has 1 aromatic rings. The normalized spacial score (nSPS) is 13.5. The summed E-state index contributed by atoms with van der Waals surface area (Å²) in [6, 6.07) is 9.94. The van der Waals surface area contributed by atoms with Gasteiger partial charge in [0.15, 0.2) is 0 Å². The highest BCUT2D eigenvalue weighted by molar-refractivity contribution is 7.90. The Hall–Kier alpha value is -0.673. The van der Waals surface area contributed by atoms with Gasteiger partial charge in [0.05, 0.1) is 13.8 Å². The van der Waals surface area contributed by atoms with E-state index >= 15 is 0 Å². The molecule has 1 unspecified atom stereocenters. The van der Waals surface area contributed by atoms with E-state index in [0.29, 0.717) is 5.75 Å². The summed E-state index contributed by atoms with van der Waals surface area (Å²) in [4.78, 5) is 0. The molecule has 0 aliphatic carbocycles. The topological polar surface area (TPSA) is 17.1 Å². The van der Waals surface area contributed by atoms with E-state index in [1.165, 1.54) is 0 Å². The minimum absolute atomic E-state index is 0.601. The Morgan fingerprint density at radius 3 is 2.27 bits per heavy atom. The maximum absolute atomic E-state index is 12.0. The minimum atomic E-state index is -1.47. The van der Waals surface area contributed by atoms with Crippen molar-refractivity contribution in [1.29, 1.82) is 0 Å². The molecule has 3 heteroatoms. The summed E-state index contributed by atoms with van der Waals surface area (Å²) in [5, 5.41) is 0. The van der Waals surface area contributed by atoms with Gasteiger partial charge >= 0.3 is 0 Å². The molecule has 0 bridgehead atoms. The lowest BCUT2D eigenvalue weighted by Gasteiger charge is -2.18. The van der Waals surface area contributed by atoms with Crippen molar-refractivity contribution in [3.63, 3.8) is 0 Å². The van der Waals surface area contributed by atoms with Gasteiger partial charge in [0.2, 0.25) is 0 Å². The van der Waals surface area contributed by atoms with E-state index in [9.17, 15) is 4.21 Å². The van der Waals surface area contributed by atoms with Gasteiger partial charge in [0.25, 0.3) is 0 Å². The molecule has 0 aromatic heterocycles. The lowest BCUT2D eigenvalue weighted by atomic mass is 10.2. The van der Waals surface area contributed by atoms with Gasteiger partial charge in [-0.15, -0.1) is 0 Å². The number of benzene rings is 1. The maximum Gasteiger partial charge on any atom is 0.0883 e. The van der Waals surface area contributed by atoms with E-state index in [4.69, 9.17) is 0 Å². The van der Waals surface area contributed by atoms with Crippen LogP contribution in [0.2, 0.25) is 19.6 Å². The second kappa shape index (κ2) is 4.90. The number of hydrogen-bond acceptors (Lipinski definition) is 1. The molecule has 0 saturated heterocycles. The molecule has 1 atom stereocenters. The monoisotopic (exact) mass is 238 g/mol. The molecule has 0 saturated carbocycles. The van der Waals surface area contributed by atoms with Gasteiger partial charge in [-0.2, -0.15) is 0 Å². The predicted molar refractivity (Wildman–Crippen MR) is 70.8 cm³/mol. The molecule has 1 aromatic carbocycles. The van der Waals surface area contributed by atoms with Crippen molar-refractivity contribution in [3.05, 3.63) is 47.0 Å². The van der Waals surface area contributed by atoms with Crippen LogP contribution in [0.1, 0.15) is 5.56 Å². The Balaban J connectivity index is 2.69. The molecule has 0 amide bonds. The van der Waals surface area contributed by atoms with Crippen molar-refractivity contribution >= 4 is 18.9 Å². The fraction of sp³-hybridized carbons (Fsp3) is 0.333. The third-order valence-electron chi connectivity index (χ3n) is 2.25. The number of rotatable bonds is 4. The zero-order valence-corrected chi connectivity index (χ0v) is 11.4. The third-order valence-corrected chi connectivity index (χ3v) is 7.59. The fourth-order valence-electron chi connectivity index (χ4n) is 1.15. The zero-order chi connectivity index (χ0) is 11.5. The van der Waals surface area contributed by atoms with Gasteiger partial charge in [-0.05, 0) is 10.1 Å². The molecule has 82 valence electrons. The molecule has 0 N–H and O–H groups in total. The fourth-order valence-corrected chi connectivity index (χ4v) is 4.77. The Morgan fingerprint density at radius 2 is 1.80 bits per heavy atom. The Kier molecular flexibility index (Phi) is 4.05. The molecule has 0 heterocycles. The second-order valence-corrected chi connectivity index (χ2v) is 11.6. The molecule has 0 aliphatic heterocycles. The highest BCUT2D eigenvalue weighted by Crippen LogP contribution is 2.18. The quantitative estimate of drug-likeness (QED) is 0.735. The van der Waals surface area contributed by atoms with Gasteiger partial charge in [-0.3, -0.25) is 4.21 Å². The van der Waals surface area contributed by atoms with Gasteiger partial charge in [-0.25, -0.2) is 0 Å². The minimum Gasteiger partial charge on any atom is -0.255 e. The van der Waals surface area contributed by atoms with E-state index in [1.54, 1.807) is 0 Å².